The predicted molar refractivity (Wildman–Crippen MR) is 78.0 cm³/mol. The van der Waals surface area contributed by atoms with E-state index in [0.717, 1.165) is 32.1 Å². The molecule has 0 bridgehead atoms. The van der Waals surface area contributed by atoms with Gasteiger partial charge < -0.3 is 20.8 Å². The van der Waals surface area contributed by atoms with E-state index in [9.17, 15) is 19.8 Å². The van der Waals surface area contributed by atoms with E-state index in [-0.39, 0.29) is 24.7 Å². The van der Waals surface area contributed by atoms with E-state index in [2.05, 4.69) is 10.6 Å². The first kappa shape index (κ1) is 16.1. The Morgan fingerprint density at radius 3 is 2.24 bits per heavy atom. The Bertz CT molecular complexity index is 372. The fraction of sp³-hybridized carbons (Fsp3) is 0.867. The summed E-state index contributed by atoms with van der Waals surface area (Å²) in [5, 5.41) is 24.5. The standard InChI is InChI=1S/C15H26N2O4/c18-12-6-4-11(5-7-12)17-14(21)16-10-15(13(19)20)8-2-1-3-9-15/h11-12,18H,1-10H2,(H,19,20)(H2,16,17,21). The molecule has 0 spiro atoms. The maximum atomic E-state index is 11.9. The van der Waals surface area contributed by atoms with Crippen molar-refractivity contribution in [1.82, 2.24) is 10.6 Å². The minimum Gasteiger partial charge on any atom is -0.481 e. The molecule has 4 N–H and O–H groups in total. The number of rotatable bonds is 4. The highest BCUT2D eigenvalue weighted by atomic mass is 16.4. The van der Waals surface area contributed by atoms with Gasteiger partial charge in [-0.1, -0.05) is 19.3 Å². The van der Waals surface area contributed by atoms with E-state index < -0.39 is 11.4 Å². The molecule has 2 rings (SSSR count). The summed E-state index contributed by atoms with van der Waals surface area (Å²) in [6.07, 6.45) is 6.91. The molecule has 0 atom stereocenters. The van der Waals surface area contributed by atoms with Crippen molar-refractivity contribution in [3.05, 3.63) is 0 Å². The average Bonchev–Trinajstić information content (AvgIpc) is 2.48. The van der Waals surface area contributed by atoms with Crippen LogP contribution in [-0.2, 0) is 4.79 Å². The average molecular weight is 298 g/mol. The molecule has 0 radical (unpaired) electrons. The first-order valence-electron chi connectivity index (χ1n) is 7.98. The first-order valence-corrected chi connectivity index (χ1v) is 7.98. The number of aliphatic carboxylic acids is 1. The number of amides is 2. The van der Waals surface area contributed by atoms with Crippen LogP contribution in [0.5, 0.6) is 0 Å². The van der Waals surface area contributed by atoms with Crippen molar-refractivity contribution >= 4 is 12.0 Å². The van der Waals surface area contributed by atoms with Crippen LogP contribution >= 0.6 is 0 Å². The van der Waals surface area contributed by atoms with Crippen molar-refractivity contribution in [2.75, 3.05) is 6.54 Å². The van der Waals surface area contributed by atoms with E-state index >= 15 is 0 Å². The highest BCUT2D eigenvalue weighted by Crippen LogP contribution is 2.36. The molecule has 0 aliphatic heterocycles. The van der Waals surface area contributed by atoms with Crippen LogP contribution < -0.4 is 10.6 Å². The zero-order valence-electron chi connectivity index (χ0n) is 12.4. The molecule has 2 aliphatic carbocycles. The second-order valence-electron chi connectivity index (χ2n) is 6.48. The summed E-state index contributed by atoms with van der Waals surface area (Å²) in [5.74, 6) is -0.803. The molecule has 0 unspecified atom stereocenters. The Kier molecular flexibility index (Phi) is 5.45. The molecule has 2 amide bonds. The molecular formula is C15H26N2O4. The van der Waals surface area contributed by atoms with Crippen molar-refractivity contribution < 1.29 is 19.8 Å². The van der Waals surface area contributed by atoms with Gasteiger partial charge >= 0.3 is 12.0 Å². The number of urea groups is 1. The Morgan fingerprint density at radius 2 is 1.67 bits per heavy atom. The quantitative estimate of drug-likeness (QED) is 0.634. The molecule has 2 saturated carbocycles. The molecule has 6 nitrogen and oxygen atoms in total. The van der Waals surface area contributed by atoms with E-state index in [1.54, 1.807) is 0 Å². The third-order valence-electron chi connectivity index (χ3n) is 4.88. The van der Waals surface area contributed by atoms with Gasteiger partial charge in [0.25, 0.3) is 0 Å². The SMILES string of the molecule is O=C(NCC1(C(=O)O)CCCCC1)NC1CCC(O)CC1. The normalized spacial score (nSPS) is 28.6. The molecule has 0 aromatic rings. The van der Waals surface area contributed by atoms with Crippen molar-refractivity contribution in [2.24, 2.45) is 5.41 Å². The summed E-state index contributed by atoms with van der Waals surface area (Å²) in [6.45, 7) is 0.198. The zero-order chi connectivity index (χ0) is 15.3. The lowest BCUT2D eigenvalue weighted by Gasteiger charge is -2.33. The van der Waals surface area contributed by atoms with Gasteiger partial charge in [-0.15, -0.1) is 0 Å². The molecule has 2 fully saturated rings. The maximum Gasteiger partial charge on any atom is 0.315 e. The molecule has 2 aliphatic rings. The van der Waals surface area contributed by atoms with Gasteiger partial charge in [-0.05, 0) is 38.5 Å². The number of carbonyl (C=O) groups is 2. The number of carbonyl (C=O) groups excluding carboxylic acids is 1. The Morgan fingerprint density at radius 1 is 1.05 bits per heavy atom. The van der Waals surface area contributed by atoms with Gasteiger partial charge in [0, 0.05) is 12.6 Å². The van der Waals surface area contributed by atoms with Gasteiger partial charge in [-0.25, -0.2) is 4.79 Å². The van der Waals surface area contributed by atoms with Gasteiger partial charge in [-0.3, -0.25) is 4.79 Å². The van der Waals surface area contributed by atoms with Crippen molar-refractivity contribution in [3.63, 3.8) is 0 Å². The second kappa shape index (κ2) is 7.11. The minimum absolute atomic E-state index is 0.0838. The fourth-order valence-corrected chi connectivity index (χ4v) is 3.40. The number of carboxylic acids is 1. The maximum absolute atomic E-state index is 11.9. The summed E-state index contributed by atoms with van der Waals surface area (Å²) < 4.78 is 0. The highest BCUT2D eigenvalue weighted by molar-refractivity contribution is 5.78. The molecule has 21 heavy (non-hydrogen) atoms. The summed E-state index contributed by atoms with van der Waals surface area (Å²) in [5.41, 5.74) is -0.793. The van der Waals surface area contributed by atoms with Crippen LogP contribution in [0.4, 0.5) is 4.79 Å². The van der Waals surface area contributed by atoms with E-state index in [1.165, 1.54) is 0 Å². The van der Waals surface area contributed by atoms with Crippen LogP contribution in [0.15, 0.2) is 0 Å². The van der Waals surface area contributed by atoms with Crippen molar-refractivity contribution in [1.29, 1.82) is 0 Å². The first-order chi connectivity index (χ1) is 10.0. The van der Waals surface area contributed by atoms with E-state index in [4.69, 9.17) is 0 Å². The Balaban J connectivity index is 1.78. The highest BCUT2D eigenvalue weighted by Gasteiger charge is 2.39. The third kappa shape index (κ3) is 4.33. The number of carboxylic acid groups (broad SMARTS) is 1. The minimum atomic E-state index is -0.803. The van der Waals surface area contributed by atoms with Gasteiger partial charge in [0.15, 0.2) is 0 Å². The zero-order valence-corrected chi connectivity index (χ0v) is 12.4. The van der Waals surface area contributed by atoms with Gasteiger partial charge in [0.1, 0.15) is 0 Å². The number of aliphatic hydroxyl groups excluding tert-OH is 1. The molecule has 0 aromatic carbocycles. The van der Waals surface area contributed by atoms with Crippen LogP contribution in [0, 0.1) is 5.41 Å². The van der Waals surface area contributed by atoms with Gasteiger partial charge in [-0.2, -0.15) is 0 Å². The van der Waals surface area contributed by atoms with Crippen LogP contribution in [0.25, 0.3) is 0 Å². The topological polar surface area (TPSA) is 98.7 Å². The van der Waals surface area contributed by atoms with Crippen molar-refractivity contribution in [2.45, 2.75) is 69.9 Å². The Hall–Kier alpha value is -1.30. The van der Waals surface area contributed by atoms with Crippen LogP contribution in [0.3, 0.4) is 0 Å². The molecular weight excluding hydrogens is 272 g/mol. The predicted octanol–water partition coefficient (Wildman–Crippen LogP) is 1.62. The fourth-order valence-electron chi connectivity index (χ4n) is 3.40. The lowest BCUT2D eigenvalue weighted by atomic mass is 9.74. The molecule has 0 aromatic heterocycles. The number of hydrogen-bond donors (Lipinski definition) is 4. The lowest BCUT2D eigenvalue weighted by molar-refractivity contribution is -0.150. The summed E-state index contributed by atoms with van der Waals surface area (Å²) in [7, 11) is 0. The third-order valence-corrected chi connectivity index (χ3v) is 4.88. The summed E-state index contributed by atoms with van der Waals surface area (Å²) in [6, 6.07) is -0.205. The van der Waals surface area contributed by atoms with Crippen LogP contribution in [0.2, 0.25) is 0 Å². The van der Waals surface area contributed by atoms with Gasteiger partial charge in [0.2, 0.25) is 0 Å². The number of nitrogens with one attached hydrogen (secondary N) is 2. The molecule has 120 valence electrons. The summed E-state index contributed by atoms with van der Waals surface area (Å²) in [4.78, 5) is 23.4. The van der Waals surface area contributed by atoms with Crippen molar-refractivity contribution in [3.8, 4) is 0 Å². The lowest BCUT2D eigenvalue weighted by Crippen LogP contribution is -2.49. The molecule has 6 heteroatoms. The van der Waals surface area contributed by atoms with Crippen LogP contribution in [0.1, 0.15) is 57.8 Å². The largest absolute Gasteiger partial charge is 0.481 e. The molecule has 0 heterocycles. The van der Waals surface area contributed by atoms with Crippen LogP contribution in [-0.4, -0.2) is 40.9 Å². The Labute approximate surface area is 125 Å². The number of aliphatic hydroxyl groups is 1. The summed E-state index contributed by atoms with van der Waals surface area (Å²) >= 11 is 0. The molecule has 0 saturated heterocycles. The smallest absolute Gasteiger partial charge is 0.315 e. The second-order valence-corrected chi connectivity index (χ2v) is 6.48. The van der Waals surface area contributed by atoms with Gasteiger partial charge in [0.05, 0.1) is 11.5 Å². The van der Waals surface area contributed by atoms with E-state index in [1.807, 2.05) is 0 Å². The number of hydrogen-bond acceptors (Lipinski definition) is 3. The van der Waals surface area contributed by atoms with E-state index in [0.29, 0.717) is 25.7 Å². The monoisotopic (exact) mass is 298 g/mol.